The molecule has 0 bridgehead atoms. The maximum Gasteiger partial charge on any atom is 0.0739 e. The van der Waals surface area contributed by atoms with E-state index in [0.29, 0.717) is 94.7 Å². The summed E-state index contributed by atoms with van der Waals surface area (Å²) in [5.74, 6) is 8.87. The summed E-state index contributed by atoms with van der Waals surface area (Å²) in [6, 6.07) is 88.0. The predicted octanol–water partition coefficient (Wildman–Crippen LogP) is 37.9. The SMILES string of the molecule is CC(C)c1ccc(C(C)C)c2ccccc12.CC(C)c1ccc(C(C)C)c2ccccc12.CC(C)c1ccc(C(C)C)c2ccccc12.CC(C)c1ccc(C(C)C)c2ccccc12.CC(C)c1ccc(C(C)C)c2ncccc12.CC(C)c1ccc(C(C)C)c2ncccc12.CC(C)c1cnc(C(C)C)c2ccccc12.CC(C)c1cnc(C(C)C)c2ccccc12.[B]. The summed E-state index contributed by atoms with van der Waals surface area (Å²) in [7, 11) is 0. The maximum absolute atomic E-state index is 4.63. The lowest BCUT2D eigenvalue weighted by molar-refractivity contribution is 0.818. The Morgan fingerprint density at radius 2 is 0.271 bits per heavy atom. The van der Waals surface area contributed by atoms with Crippen LogP contribution in [0.1, 0.15) is 406 Å². The molecule has 0 spiro atoms. The smallest absolute Gasteiger partial charge is 0.0739 e. The Hall–Kier alpha value is -10.6. The zero-order valence-corrected chi connectivity index (χ0v) is 85.0. The fourth-order valence-corrected chi connectivity index (χ4v) is 18.1. The molecule has 0 aliphatic rings. The normalized spacial score (nSPS) is 11.5. The van der Waals surface area contributed by atoms with Gasteiger partial charge < -0.3 is 0 Å². The van der Waals surface area contributed by atoms with Gasteiger partial charge in [0, 0.05) is 54.7 Å². The van der Waals surface area contributed by atoms with Crippen LogP contribution in [0, 0.1) is 0 Å². The molecule has 4 aromatic heterocycles. The number of rotatable bonds is 16. The van der Waals surface area contributed by atoms with Crippen LogP contribution in [0.15, 0.2) is 267 Å². The van der Waals surface area contributed by atoms with Crippen LogP contribution in [0.4, 0.5) is 0 Å². The Morgan fingerprint density at radius 1 is 0.132 bits per heavy atom. The van der Waals surface area contributed by atoms with Crippen LogP contribution >= 0.6 is 0 Å². The number of nitrogens with zero attached hydrogens (tertiary/aromatic N) is 4. The van der Waals surface area contributed by atoms with E-state index in [0.717, 1.165) is 0 Å². The van der Waals surface area contributed by atoms with E-state index < -0.39 is 0 Å². The van der Waals surface area contributed by atoms with Crippen molar-refractivity contribution in [3.8, 4) is 0 Å². The third-order valence-electron chi connectivity index (χ3n) is 25.2. The number of hydrogen-bond acceptors (Lipinski definition) is 4. The van der Waals surface area contributed by atoms with E-state index in [2.05, 4.69) is 472 Å². The molecule has 675 valence electrons. The summed E-state index contributed by atoms with van der Waals surface area (Å²) in [6.45, 7) is 71.7. The van der Waals surface area contributed by atoms with Crippen LogP contribution in [0.5, 0.6) is 0 Å². The second-order valence-corrected chi connectivity index (χ2v) is 40.2. The Bertz CT molecular complexity index is 4740. The first kappa shape index (κ1) is 104. The zero-order valence-electron chi connectivity index (χ0n) is 85.0. The average molecular weight is 1710 g/mol. The lowest BCUT2D eigenvalue weighted by atomic mass is 9.89. The molecule has 16 rings (SSSR count). The first-order chi connectivity index (χ1) is 60.9. The van der Waals surface area contributed by atoms with Gasteiger partial charge in [0.15, 0.2) is 0 Å². The van der Waals surface area contributed by atoms with E-state index >= 15 is 0 Å². The number of fused-ring (bicyclic) bond motifs is 8. The Balaban J connectivity index is 0.000000182. The monoisotopic (exact) mass is 1710 g/mol. The van der Waals surface area contributed by atoms with Gasteiger partial charge in [-0.1, -0.05) is 452 Å². The number of pyridine rings is 4. The number of benzene rings is 12. The van der Waals surface area contributed by atoms with Crippen molar-refractivity contribution in [2.45, 2.75) is 316 Å². The first-order valence-corrected chi connectivity index (χ1v) is 48.4. The second-order valence-electron chi connectivity index (χ2n) is 40.2. The van der Waals surface area contributed by atoms with Gasteiger partial charge in [-0.2, -0.15) is 0 Å². The summed E-state index contributed by atoms with van der Waals surface area (Å²) in [5, 5.41) is 19.3. The summed E-state index contributed by atoms with van der Waals surface area (Å²) in [4.78, 5) is 18.3. The lowest BCUT2D eigenvalue weighted by Crippen LogP contribution is -1.98. The van der Waals surface area contributed by atoms with E-state index in [1.54, 1.807) is 0 Å². The van der Waals surface area contributed by atoms with Crippen molar-refractivity contribution in [1.82, 2.24) is 19.9 Å². The minimum atomic E-state index is 0. The largest absolute Gasteiger partial charge is 0.260 e. The molecule has 5 heteroatoms. The number of hydrogen-bond donors (Lipinski definition) is 0. The molecule has 3 radical (unpaired) electrons. The van der Waals surface area contributed by atoms with Gasteiger partial charge in [-0.25, -0.2) is 0 Å². The highest BCUT2D eigenvalue weighted by atomic mass is 14.7. The Morgan fingerprint density at radius 3 is 0.434 bits per heavy atom. The van der Waals surface area contributed by atoms with Crippen LogP contribution in [-0.4, -0.2) is 28.3 Å². The lowest BCUT2D eigenvalue weighted by Gasteiger charge is -2.15. The van der Waals surface area contributed by atoms with Crippen molar-refractivity contribution in [3.63, 3.8) is 0 Å². The van der Waals surface area contributed by atoms with E-state index in [1.165, 1.54) is 176 Å². The molecule has 0 saturated carbocycles. The van der Waals surface area contributed by atoms with Crippen molar-refractivity contribution in [1.29, 1.82) is 0 Å². The predicted molar refractivity (Wildman–Crippen MR) is 574 cm³/mol. The molecule has 4 nitrogen and oxygen atoms in total. The molecule has 129 heavy (non-hydrogen) atoms. The first-order valence-electron chi connectivity index (χ1n) is 48.4. The van der Waals surface area contributed by atoms with E-state index in [-0.39, 0.29) is 8.41 Å². The molecule has 0 saturated heterocycles. The van der Waals surface area contributed by atoms with E-state index in [1.807, 2.05) is 36.9 Å². The highest BCUT2D eigenvalue weighted by molar-refractivity contribution is 5.94. The topological polar surface area (TPSA) is 51.6 Å². The van der Waals surface area contributed by atoms with Gasteiger partial charge in [-0.15, -0.1) is 0 Å². The standard InChI is InChI=1S/4C16H20.4C15H19N.B/c4*1-11(2)13-9-10-14(12(3)4)16-8-6-5-7-15(13)16;2*1-10(2)12-7-8-13(11(3)4)15-14(12)6-5-9-16-15;2*1-10(2)14-9-16-15(11(3)4)13-8-6-5-7-12(13)14;/h4*5-12H,1-4H3;4*5-11H,1-4H3;. The quantitative estimate of drug-likeness (QED) is 0.0905. The van der Waals surface area contributed by atoms with Gasteiger partial charge in [0.05, 0.1) is 22.4 Å². The average Bonchev–Trinajstić information content (AvgIpc) is 0.842. The van der Waals surface area contributed by atoms with Crippen LogP contribution in [0.3, 0.4) is 0 Å². The molecular weight excluding hydrogens is 1560 g/mol. The van der Waals surface area contributed by atoms with Crippen molar-refractivity contribution in [2.75, 3.05) is 0 Å². The summed E-state index contributed by atoms with van der Waals surface area (Å²) < 4.78 is 0. The summed E-state index contributed by atoms with van der Waals surface area (Å²) in [6.07, 6.45) is 7.86. The molecule has 0 N–H and O–H groups in total. The van der Waals surface area contributed by atoms with Gasteiger partial charge in [-0.3, -0.25) is 19.9 Å². The molecule has 0 aliphatic carbocycles. The van der Waals surface area contributed by atoms with Crippen LogP contribution in [0.2, 0.25) is 0 Å². The van der Waals surface area contributed by atoms with Crippen molar-refractivity contribution in [3.05, 3.63) is 357 Å². The summed E-state index contributed by atoms with van der Waals surface area (Å²) >= 11 is 0. The molecule has 12 aromatic carbocycles. The van der Waals surface area contributed by atoms with Crippen molar-refractivity contribution in [2.24, 2.45) is 0 Å². The molecule has 4 heterocycles. The highest BCUT2D eigenvalue weighted by Gasteiger charge is 2.20. The van der Waals surface area contributed by atoms with Crippen LogP contribution in [-0.2, 0) is 0 Å². The van der Waals surface area contributed by atoms with Crippen molar-refractivity contribution < 1.29 is 0 Å². The Labute approximate surface area is 782 Å². The van der Waals surface area contributed by atoms with Gasteiger partial charge >= 0.3 is 0 Å². The third kappa shape index (κ3) is 26.0. The third-order valence-corrected chi connectivity index (χ3v) is 25.2. The molecule has 0 atom stereocenters. The number of aromatic nitrogens is 4. The van der Waals surface area contributed by atoms with E-state index in [9.17, 15) is 0 Å². The Kier molecular flexibility index (Phi) is 38.9. The van der Waals surface area contributed by atoms with Gasteiger partial charge in [0.2, 0.25) is 0 Å². The molecule has 0 aliphatic heterocycles. The fraction of sp³-hybridized carbons (Fsp3) is 0.387. The molecule has 16 aromatic rings. The fourth-order valence-electron chi connectivity index (χ4n) is 18.1. The van der Waals surface area contributed by atoms with Gasteiger partial charge in [-0.05, 0) is 239 Å². The van der Waals surface area contributed by atoms with Gasteiger partial charge in [0.25, 0.3) is 0 Å². The molecule has 0 fully saturated rings. The molecule has 0 amide bonds. The zero-order chi connectivity index (χ0) is 93.7. The minimum Gasteiger partial charge on any atom is -0.260 e. The van der Waals surface area contributed by atoms with Crippen LogP contribution in [0.25, 0.3) is 86.4 Å². The second kappa shape index (κ2) is 48.3. The van der Waals surface area contributed by atoms with Crippen molar-refractivity contribution >= 4 is 94.9 Å². The van der Waals surface area contributed by atoms with Crippen LogP contribution < -0.4 is 0 Å². The van der Waals surface area contributed by atoms with Gasteiger partial charge in [0.1, 0.15) is 0 Å². The maximum atomic E-state index is 4.63. The minimum absolute atomic E-state index is 0. The summed E-state index contributed by atoms with van der Waals surface area (Å²) in [5.41, 5.74) is 24.6. The van der Waals surface area contributed by atoms with E-state index in [4.69, 9.17) is 0 Å². The molecular formula is C124H156BN4. The molecule has 0 unspecified atom stereocenters. The highest BCUT2D eigenvalue weighted by Crippen LogP contribution is 2.40.